The number of aromatic amines is 1. The third-order valence-electron chi connectivity index (χ3n) is 2.20. The lowest BCUT2D eigenvalue weighted by Crippen LogP contribution is -1.97. The number of nitrogens with zero attached hydrogens (tertiary/aromatic N) is 1. The van der Waals surface area contributed by atoms with E-state index in [0.717, 1.165) is 21.1 Å². The maximum absolute atomic E-state index is 10.5. The average molecular weight is 269 g/mol. The van der Waals surface area contributed by atoms with Gasteiger partial charge in [-0.05, 0) is 22.0 Å². The first-order chi connectivity index (χ1) is 7.18. The van der Waals surface area contributed by atoms with E-state index in [2.05, 4.69) is 26.1 Å². The number of aromatic nitrogens is 2. The molecule has 0 aliphatic rings. The summed E-state index contributed by atoms with van der Waals surface area (Å²) in [7, 11) is 0. The van der Waals surface area contributed by atoms with Crippen LogP contribution in [0.15, 0.2) is 22.7 Å². The molecule has 15 heavy (non-hydrogen) atoms. The molecule has 1 aromatic heterocycles. The van der Waals surface area contributed by atoms with Gasteiger partial charge < -0.3 is 5.11 Å². The number of benzene rings is 1. The number of hydrogen-bond donors (Lipinski definition) is 2. The molecule has 4 nitrogen and oxygen atoms in total. The molecule has 0 amide bonds. The predicted octanol–water partition coefficient (Wildman–Crippen LogP) is 2.34. The molecule has 0 fully saturated rings. The number of carboxylic acids is 1. The van der Waals surface area contributed by atoms with Gasteiger partial charge in [0.15, 0.2) is 0 Å². The quantitative estimate of drug-likeness (QED) is 0.898. The SMILES string of the molecule is O=C(O)CCc1[nH]nc2c(Br)cccc12. The second-order valence-corrected chi connectivity index (χ2v) is 4.09. The van der Waals surface area contributed by atoms with E-state index in [9.17, 15) is 4.79 Å². The van der Waals surface area contributed by atoms with Crippen LogP contribution in [0.2, 0.25) is 0 Å². The van der Waals surface area contributed by atoms with Gasteiger partial charge in [-0.25, -0.2) is 0 Å². The maximum atomic E-state index is 10.5. The zero-order chi connectivity index (χ0) is 10.8. The van der Waals surface area contributed by atoms with Gasteiger partial charge in [0.1, 0.15) is 5.52 Å². The second-order valence-electron chi connectivity index (χ2n) is 3.23. The Labute approximate surface area is 94.4 Å². The van der Waals surface area contributed by atoms with Crippen molar-refractivity contribution < 1.29 is 9.90 Å². The summed E-state index contributed by atoms with van der Waals surface area (Å²) in [5.74, 6) is -0.798. The molecular formula is C10H9BrN2O2. The highest BCUT2D eigenvalue weighted by atomic mass is 79.9. The van der Waals surface area contributed by atoms with Crippen LogP contribution in [0.3, 0.4) is 0 Å². The molecule has 0 aliphatic heterocycles. The molecule has 5 heteroatoms. The van der Waals surface area contributed by atoms with Crippen molar-refractivity contribution >= 4 is 32.8 Å². The third-order valence-corrected chi connectivity index (χ3v) is 2.84. The highest BCUT2D eigenvalue weighted by Crippen LogP contribution is 2.24. The molecule has 2 rings (SSSR count). The Hall–Kier alpha value is -1.36. The molecule has 0 spiro atoms. The van der Waals surface area contributed by atoms with Gasteiger partial charge in [-0.3, -0.25) is 9.89 Å². The zero-order valence-corrected chi connectivity index (χ0v) is 9.41. The van der Waals surface area contributed by atoms with Crippen molar-refractivity contribution in [2.24, 2.45) is 0 Å². The zero-order valence-electron chi connectivity index (χ0n) is 7.83. The minimum atomic E-state index is -0.798. The predicted molar refractivity (Wildman–Crippen MR) is 59.8 cm³/mol. The van der Waals surface area contributed by atoms with E-state index in [1.165, 1.54) is 0 Å². The molecule has 0 unspecified atom stereocenters. The molecule has 2 N–H and O–H groups in total. The normalized spacial score (nSPS) is 10.7. The number of aliphatic carboxylic acids is 1. The van der Waals surface area contributed by atoms with Gasteiger partial charge in [-0.15, -0.1) is 0 Å². The molecule has 0 saturated heterocycles. The lowest BCUT2D eigenvalue weighted by Gasteiger charge is -1.95. The van der Waals surface area contributed by atoms with Crippen molar-refractivity contribution in [3.8, 4) is 0 Å². The summed E-state index contributed by atoms with van der Waals surface area (Å²) in [5, 5.41) is 16.6. The minimum absolute atomic E-state index is 0.115. The standard InChI is InChI=1S/C10H9BrN2O2/c11-7-3-1-2-6-8(4-5-9(14)15)12-13-10(6)7/h1-3H,4-5H2,(H,12,13)(H,14,15). The van der Waals surface area contributed by atoms with Crippen molar-refractivity contribution in [1.82, 2.24) is 10.2 Å². The van der Waals surface area contributed by atoms with Crippen LogP contribution in [0.5, 0.6) is 0 Å². The molecule has 0 bridgehead atoms. The molecule has 0 aliphatic carbocycles. The fraction of sp³-hybridized carbons (Fsp3) is 0.200. The van der Waals surface area contributed by atoms with Crippen molar-refractivity contribution in [3.63, 3.8) is 0 Å². The summed E-state index contributed by atoms with van der Waals surface area (Å²) in [6.07, 6.45) is 0.589. The van der Waals surface area contributed by atoms with Crippen LogP contribution in [0.4, 0.5) is 0 Å². The Bertz CT molecular complexity index is 507. The van der Waals surface area contributed by atoms with E-state index in [-0.39, 0.29) is 6.42 Å². The molecule has 0 saturated carbocycles. The number of carbonyl (C=O) groups is 1. The van der Waals surface area contributed by atoms with Crippen LogP contribution < -0.4 is 0 Å². The number of aryl methyl sites for hydroxylation is 1. The van der Waals surface area contributed by atoms with Crippen LogP contribution in [-0.4, -0.2) is 21.3 Å². The number of halogens is 1. The van der Waals surface area contributed by atoms with E-state index >= 15 is 0 Å². The van der Waals surface area contributed by atoms with Crippen molar-refractivity contribution in [1.29, 1.82) is 0 Å². The number of carboxylic acid groups (broad SMARTS) is 1. The van der Waals surface area contributed by atoms with E-state index in [4.69, 9.17) is 5.11 Å². The van der Waals surface area contributed by atoms with Gasteiger partial charge in [-0.1, -0.05) is 12.1 Å². The van der Waals surface area contributed by atoms with Gasteiger partial charge in [0.2, 0.25) is 0 Å². The Morgan fingerprint density at radius 2 is 2.33 bits per heavy atom. The Morgan fingerprint density at radius 3 is 3.07 bits per heavy atom. The average Bonchev–Trinajstić information content (AvgIpc) is 2.59. The summed E-state index contributed by atoms with van der Waals surface area (Å²) in [6, 6.07) is 5.75. The maximum Gasteiger partial charge on any atom is 0.303 e. The van der Waals surface area contributed by atoms with E-state index in [1.54, 1.807) is 0 Å². The first kappa shape index (κ1) is 10.2. The first-order valence-electron chi connectivity index (χ1n) is 4.52. The van der Waals surface area contributed by atoms with Crippen LogP contribution in [0.25, 0.3) is 10.9 Å². The summed E-state index contributed by atoms with van der Waals surface area (Å²) >= 11 is 3.39. The van der Waals surface area contributed by atoms with Crippen molar-refractivity contribution in [3.05, 3.63) is 28.4 Å². The molecule has 0 radical (unpaired) electrons. The summed E-state index contributed by atoms with van der Waals surface area (Å²) in [4.78, 5) is 10.5. The molecule has 1 heterocycles. The van der Waals surface area contributed by atoms with Gasteiger partial charge in [0.25, 0.3) is 0 Å². The lowest BCUT2D eigenvalue weighted by molar-refractivity contribution is -0.136. The smallest absolute Gasteiger partial charge is 0.303 e. The Morgan fingerprint density at radius 1 is 1.53 bits per heavy atom. The van der Waals surface area contributed by atoms with Gasteiger partial charge in [0.05, 0.1) is 6.42 Å². The molecule has 0 atom stereocenters. The topological polar surface area (TPSA) is 66.0 Å². The Balaban J connectivity index is 2.37. The number of nitrogens with one attached hydrogen (secondary N) is 1. The van der Waals surface area contributed by atoms with Crippen LogP contribution >= 0.6 is 15.9 Å². The van der Waals surface area contributed by atoms with Gasteiger partial charge in [-0.2, -0.15) is 5.10 Å². The molecule has 2 aromatic rings. The van der Waals surface area contributed by atoms with Crippen molar-refractivity contribution in [2.45, 2.75) is 12.8 Å². The first-order valence-corrected chi connectivity index (χ1v) is 5.31. The summed E-state index contributed by atoms with van der Waals surface area (Å²) in [6.45, 7) is 0. The molecule has 78 valence electrons. The Kier molecular flexibility index (Phi) is 2.73. The fourth-order valence-electron chi connectivity index (χ4n) is 1.48. The van der Waals surface area contributed by atoms with E-state index in [0.29, 0.717) is 6.42 Å². The second kappa shape index (κ2) is 4.02. The van der Waals surface area contributed by atoms with E-state index in [1.807, 2.05) is 18.2 Å². The highest BCUT2D eigenvalue weighted by molar-refractivity contribution is 9.10. The highest BCUT2D eigenvalue weighted by Gasteiger charge is 2.08. The number of fused-ring (bicyclic) bond motifs is 1. The van der Waals surface area contributed by atoms with Crippen LogP contribution in [0, 0.1) is 0 Å². The molecular weight excluding hydrogens is 260 g/mol. The summed E-state index contributed by atoms with van der Waals surface area (Å²) in [5.41, 5.74) is 1.71. The lowest BCUT2D eigenvalue weighted by atomic mass is 10.1. The number of rotatable bonds is 3. The van der Waals surface area contributed by atoms with E-state index < -0.39 is 5.97 Å². The number of H-pyrrole nitrogens is 1. The van der Waals surface area contributed by atoms with Crippen molar-refractivity contribution in [2.75, 3.05) is 0 Å². The largest absolute Gasteiger partial charge is 0.481 e. The van der Waals surface area contributed by atoms with Crippen LogP contribution in [-0.2, 0) is 11.2 Å². The number of para-hydroxylation sites is 1. The molecule has 1 aromatic carbocycles. The minimum Gasteiger partial charge on any atom is -0.481 e. The monoisotopic (exact) mass is 268 g/mol. The van der Waals surface area contributed by atoms with Crippen LogP contribution in [0.1, 0.15) is 12.1 Å². The van der Waals surface area contributed by atoms with Gasteiger partial charge in [0, 0.05) is 22.0 Å². The number of hydrogen-bond acceptors (Lipinski definition) is 2. The third kappa shape index (κ3) is 2.02. The summed E-state index contributed by atoms with van der Waals surface area (Å²) < 4.78 is 0.915. The van der Waals surface area contributed by atoms with Gasteiger partial charge >= 0.3 is 5.97 Å². The fourth-order valence-corrected chi connectivity index (χ4v) is 1.93.